The van der Waals surface area contributed by atoms with E-state index in [1.54, 1.807) is 35.2 Å². The van der Waals surface area contributed by atoms with E-state index in [1.165, 1.54) is 6.07 Å². The van der Waals surface area contributed by atoms with Crippen LogP contribution in [-0.4, -0.2) is 12.2 Å². The number of benzene rings is 2. The highest BCUT2D eigenvalue weighted by Gasteiger charge is 2.18. The lowest BCUT2D eigenvalue weighted by Gasteiger charge is -2.28. The summed E-state index contributed by atoms with van der Waals surface area (Å²) in [6.45, 7) is 1.92. The van der Waals surface area contributed by atoms with Crippen LogP contribution < -0.4 is 4.90 Å². The van der Waals surface area contributed by atoms with Crippen molar-refractivity contribution in [3.63, 3.8) is 0 Å². The Kier molecular flexibility index (Phi) is 4.10. The van der Waals surface area contributed by atoms with Crippen molar-refractivity contribution in [3.8, 4) is 5.75 Å². The molecule has 0 aliphatic rings. The predicted molar refractivity (Wildman–Crippen MR) is 79.0 cm³/mol. The number of halogens is 2. The number of hydrogen-bond donors (Lipinski definition) is 1. The maximum absolute atomic E-state index is 13.8. The molecule has 0 fully saturated rings. The first kappa shape index (κ1) is 13.9. The standard InChI is InChI=1S/C15H15BrFNO/c1-10(12-9-11(16)7-8-15(12)19)18(2)14-6-4-3-5-13(14)17/h3-10,19H,1-2H3. The number of phenols is 1. The third kappa shape index (κ3) is 2.89. The van der Waals surface area contributed by atoms with Crippen LogP contribution in [0.1, 0.15) is 18.5 Å². The molecule has 2 aromatic carbocycles. The smallest absolute Gasteiger partial charge is 0.146 e. The zero-order chi connectivity index (χ0) is 14.0. The zero-order valence-corrected chi connectivity index (χ0v) is 12.4. The maximum atomic E-state index is 13.8. The van der Waals surface area contributed by atoms with Gasteiger partial charge in [-0.1, -0.05) is 28.1 Å². The Morgan fingerprint density at radius 1 is 1.21 bits per heavy atom. The van der Waals surface area contributed by atoms with E-state index in [-0.39, 0.29) is 17.6 Å². The van der Waals surface area contributed by atoms with Crippen LogP contribution in [0.2, 0.25) is 0 Å². The van der Waals surface area contributed by atoms with Gasteiger partial charge >= 0.3 is 0 Å². The second kappa shape index (κ2) is 5.61. The molecule has 1 unspecified atom stereocenters. The largest absolute Gasteiger partial charge is 0.508 e. The van der Waals surface area contributed by atoms with E-state index in [2.05, 4.69) is 15.9 Å². The number of nitrogens with zero attached hydrogens (tertiary/aromatic N) is 1. The lowest BCUT2D eigenvalue weighted by atomic mass is 10.1. The van der Waals surface area contributed by atoms with Gasteiger partial charge in [0.05, 0.1) is 11.7 Å². The van der Waals surface area contributed by atoms with Crippen molar-refractivity contribution in [3.05, 3.63) is 58.3 Å². The molecule has 0 radical (unpaired) electrons. The summed E-state index contributed by atoms with van der Waals surface area (Å²) in [5.41, 5.74) is 1.26. The summed E-state index contributed by atoms with van der Waals surface area (Å²) in [4.78, 5) is 1.80. The normalized spacial score (nSPS) is 12.2. The summed E-state index contributed by atoms with van der Waals surface area (Å²) in [7, 11) is 1.81. The first-order valence-electron chi connectivity index (χ1n) is 5.96. The first-order chi connectivity index (χ1) is 9.00. The Balaban J connectivity index is 2.36. The van der Waals surface area contributed by atoms with Gasteiger partial charge in [0.2, 0.25) is 0 Å². The van der Waals surface area contributed by atoms with Gasteiger partial charge < -0.3 is 10.0 Å². The van der Waals surface area contributed by atoms with Crippen molar-refractivity contribution in [1.29, 1.82) is 0 Å². The fourth-order valence-electron chi connectivity index (χ4n) is 2.02. The van der Waals surface area contributed by atoms with Gasteiger partial charge in [-0.25, -0.2) is 4.39 Å². The van der Waals surface area contributed by atoms with E-state index in [1.807, 2.05) is 20.0 Å². The minimum absolute atomic E-state index is 0.144. The zero-order valence-electron chi connectivity index (χ0n) is 10.8. The van der Waals surface area contributed by atoms with Crippen molar-refractivity contribution in [1.82, 2.24) is 0 Å². The Hall–Kier alpha value is -1.55. The van der Waals surface area contributed by atoms with Crippen LogP contribution in [0.15, 0.2) is 46.9 Å². The van der Waals surface area contributed by atoms with Crippen LogP contribution in [-0.2, 0) is 0 Å². The molecule has 1 N–H and O–H groups in total. The highest BCUT2D eigenvalue weighted by Crippen LogP contribution is 2.33. The molecule has 4 heteroatoms. The van der Waals surface area contributed by atoms with Gasteiger partial charge in [-0.05, 0) is 37.3 Å². The van der Waals surface area contributed by atoms with Crippen LogP contribution in [0, 0.1) is 5.82 Å². The average Bonchev–Trinajstić information content (AvgIpc) is 2.40. The topological polar surface area (TPSA) is 23.5 Å². The summed E-state index contributed by atoms with van der Waals surface area (Å²) in [6, 6.07) is 11.7. The van der Waals surface area contributed by atoms with Gasteiger partial charge in [0.15, 0.2) is 0 Å². The van der Waals surface area contributed by atoms with E-state index in [0.29, 0.717) is 5.69 Å². The molecular weight excluding hydrogens is 309 g/mol. The summed E-state index contributed by atoms with van der Waals surface area (Å²) in [5.74, 6) is -0.0646. The predicted octanol–water partition coefficient (Wildman–Crippen LogP) is 4.49. The summed E-state index contributed by atoms with van der Waals surface area (Å²) in [5, 5.41) is 9.93. The molecule has 0 spiro atoms. The molecule has 2 aromatic rings. The van der Waals surface area contributed by atoms with Gasteiger partial charge in [-0.3, -0.25) is 0 Å². The van der Waals surface area contributed by atoms with Crippen LogP contribution in [0.25, 0.3) is 0 Å². The highest BCUT2D eigenvalue weighted by atomic mass is 79.9. The quantitative estimate of drug-likeness (QED) is 0.899. The van der Waals surface area contributed by atoms with Gasteiger partial charge in [0.1, 0.15) is 11.6 Å². The molecular formula is C15H15BrFNO. The number of anilines is 1. The molecule has 0 bridgehead atoms. The molecule has 0 aromatic heterocycles. The molecule has 0 amide bonds. The molecule has 0 aliphatic carbocycles. The van der Waals surface area contributed by atoms with E-state index >= 15 is 0 Å². The Labute approximate surface area is 120 Å². The van der Waals surface area contributed by atoms with Crippen molar-refractivity contribution >= 4 is 21.6 Å². The Morgan fingerprint density at radius 2 is 1.89 bits per heavy atom. The molecule has 0 heterocycles. The highest BCUT2D eigenvalue weighted by molar-refractivity contribution is 9.10. The maximum Gasteiger partial charge on any atom is 0.146 e. The number of para-hydroxylation sites is 1. The summed E-state index contributed by atoms with van der Waals surface area (Å²) >= 11 is 3.38. The van der Waals surface area contributed by atoms with Gasteiger partial charge in [-0.15, -0.1) is 0 Å². The fraction of sp³-hybridized carbons (Fsp3) is 0.200. The van der Waals surface area contributed by atoms with Gasteiger partial charge in [0.25, 0.3) is 0 Å². The number of aromatic hydroxyl groups is 1. The molecule has 0 aliphatic heterocycles. The van der Waals surface area contributed by atoms with E-state index in [9.17, 15) is 9.50 Å². The average molecular weight is 324 g/mol. The Bertz CT molecular complexity index is 588. The minimum Gasteiger partial charge on any atom is -0.508 e. The van der Waals surface area contributed by atoms with Crippen LogP contribution in [0.4, 0.5) is 10.1 Å². The second-order valence-electron chi connectivity index (χ2n) is 4.44. The molecule has 2 rings (SSSR count). The lowest BCUT2D eigenvalue weighted by molar-refractivity contribution is 0.461. The molecule has 100 valence electrons. The number of phenolic OH excluding ortho intramolecular Hbond substituents is 1. The monoisotopic (exact) mass is 323 g/mol. The van der Waals surface area contributed by atoms with Gasteiger partial charge in [-0.2, -0.15) is 0 Å². The van der Waals surface area contributed by atoms with Crippen LogP contribution in [0.5, 0.6) is 5.75 Å². The van der Waals surface area contributed by atoms with E-state index in [0.717, 1.165) is 10.0 Å². The Morgan fingerprint density at radius 3 is 2.58 bits per heavy atom. The van der Waals surface area contributed by atoms with Crippen molar-refractivity contribution < 1.29 is 9.50 Å². The van der Waals surface area contributed by atoms with Crippen molar-refractivity contribution in [2.75, 3.05) is 11.9 Å². The first-order valence-corrected chi connectivity index (χ1v) is 6.75. The minimum atomic E-state index is -0.272. The van der Waals surface area contributed by atoms with Gasteiger partial charge in [0, 0.05) is 17.1 Å². The lowest BCUT2D eigenvalue weighted by Crippen LogP contribution is -2.22. The molecule has 0 saturated carbocycles. The number of hydrogen-bond acceptors (Lipinski definition) is 2. The van der Waals surface area contributed by atoms with E-state index in [4.69, 9.17) is 0 Å². The number of rotatable bonds is 3. The SMILES string of the molecule is CC(c1cc(Br)ccc1O)N(C)c1ccccc1F. The second-order valence-corrected chi connectivity index (χ2v) is 5.36. The van der Waals surface area contributed by atoms with Crippen molar-refractivity contribution in [2.45, 2.75) is 13.0 Å². The van der Waals surface area contributed by atoms with Crippen LogP contribution >= 0.6 is 15.9 Å². The van der Waals surface area contributed by atoms with Crippen LogP contribution in [0.3, 0.4) is 0 Å². The summed E-state index contributed by atoms with van der Waals surface area (Å²) < 4.78 is 14.7. The molecule has 2 nitrogen and oxygen atoms in total. The van der Waals surface area contributed by atoms with E-state index < -0.39 is 0 Å². The molecule has 19 heavy (non-hydrogen) atoms. The fourth-order valence-corrected chi connectivity index (χ4v) is 2.39. The van der Waals surface area contributed by atoms with Crippen molar-refractivity contribution in [2.24, 2.45) is 0 Å². The molecule has 1 atom stereocenters. The third-order valence-corrected chi connectivity index (χ3v) is 3.75. The summed E-state index contributed by atoms with van der Waals surface area (Å²) in [6.07, 6.45) is 0. The third-order valence-electron chi connectivity index (χ3n) is 3.25. The molecule has 0 saturated heterocycles.